The molecule has 0 aliphatic carbocycles. The number of carbonyl (C=O) groups is 2. The molecule has 4 rings (SSSR count). The molecule has 2 heterocycles. The lowest BCUT2D eigenvalue weighted by Gasteiger charge is -2.09. The van der Waals surface area contributed by atoms with Crippen molar-refractivity contribution in [1.82, 2.24) is 15.3 Å². The van der Waals surface area contributed by atoms with Crippen molar-refractivity contribution in [3.63, 3.8) is 0 Å². The fourth-order valence-electron chi connectivity index (χ4n) is 2.74. The first-order chi connectivity index (χ1) is 15.4. The van der Waals surface area contributed by atoms with E-state index in [1.54, 1.807) is 30.3 Å². The predicted molar refractivity (Wildman–Crippen MR) is 116 cm³/mol. The van der Waals surface area contributed by atoms with Crippen molar-refractivity contribution < 1.29 is 23.1 Å². The summed E-state index contributed by atoms with van der Waals surface area (Å²) in [6.07, 6.45) is 1.46. The van der Waals surface area contributed by atoms with Gasteiger partial charge in [0.1, 0.15) is 28.5 Å². The van der Waals surface area contributed by atoms with Crippen LogP contribution in [0.2, 0.25) is 0 Å². The average Bonchev–Trinajstić information content (AvgIpc) is 3.17. The number of anilines is 2. The van der Waals surface area contributed by atoms with E-state index in [0.717, 1.165) is 23.5 Å². The number of thiazole rings is 1. The summed E-state index contributed by atoms with van der Waals surface area (Å²) >= 11 is 0.956. The molecule has 0 unspecified atom stereocenters. The lowest BCUT2D eigenvalue weighted by Crippen LogP contribution is -2.19. The fourth-order valence-corrected chi connectivity index (χ4v) is 3.64. The highest BCUT2D eigenvalue weighted by Crippen LogP contribution is 2.29. The Morgan fingerprint density at radius 1 is 1.00 bits per heavy atom. The van der Waals surface area contributed by atoms with E-state index < -0.39 is 17.7 Å². The number of nitrogens with one attached hydrogen (secondary N) is 3. The van der Waals surface area contributed by atoms with Crippen LogP contribution in [-0.2, 0) is 0 Å². The standard InChI is InChI=1S/C21H15F2N5O3S/c1-24-19(29)16-10-14(6-7-25-16)31-13-4-2-12(3-5-13)26-20(30)28-21-27-18-15(23)8-11(22)9-17(18)32-21/h2-10H,1H3,(H,24,29)(H2,26,27,28,30). The Morgan fingerprint density at radius 2 is 1.78 bits per heavy atom. The van der Waals surface area contributed by atoms with E-state index in [0.29, 0.717) is 17.2 Å². The predicted octanol–water partition coefficient (Wildman–Crippen LogP) is 4.77. The first kappa shape index (κ1) is 21.1. The third kappa shape index (κ3) is 4.78. The van der Waals surface area contributed by atoms with Crippen molar-refractivity contribution in [2.24, 2.45) is 0 Å². The molecule has 0 aliphatic heterocycles. The minimum absolute atomic E-state index is 0.0103. The molecule has 162 valence electrons. The Hall–Kier alpha value is -4.12. The molecular weight excluding hydrogens is 440 g/mol. The highest BCUT2D eigenvalue weighted by molar-refractivity contribution is 7.22. The monoisotopic (exact) mass is 455 g/mol. The molecule has 0 fully saturated rings. The Kier molecular flexibility index (Phi) is 5.90. The van der Waals surface area contributed by atoms with E-state index in [1.807, 2.05) is 0 Å². The molecule has 2 aromatic carbocycles. The summed E-state index contributed by atoms with van der Waals surface area (Å²) < 4.78 is 33.1. The number of pyridine rings is 1. The van der Waals surface area contributed by atoms with Gasteiger partial charge >= 0.3 is 6.03 Å². The summed E-state index contributed by atoms with van der Waals surface area (Å²) in [5.74, 6) is -0.933. The van der Waals surface area contributed by atoms with E-state index in [1.165, 1.54) is 19.3 Å². The van der Waals surface area contributed by atoms with Crippen molar-refractivity contribution in [3.05, 3.63) is 72.1 Å². The van der Waals surface area contributed by atoms with Gasteiger partial charge in [-0.25, -0.2) is 18.6 Å². The Bertz CT molecular complexity index is 1310. The molecule has 4 aromatic rings. The van der Waals surface area contributed by atoms with E-state index in [9.17, 15) is 18.4 Å². The summed E-state index contributed by atoms with van der Waals surface area (Å²) in [6, 6.07) is 10.9. The molecule has 0 bridgehead atoms. The van der Waals surface area contributed by atoms with Crippen LogP contribution < -0.4 is 20.7 Å². The number of hydrogen-bond acceptors (Lipinski definition) is 6. The molecule has 0 saturated heterocycles. The maximum Gasteiger partial charge on any atom is 0.325 e. The minimum atomic E-state index is -0.795. The third-order valence-corrected chi connectivity index (χ3v) is 5.09. The summed E-state index contributed by atoms with van der Waals surface area (Å²) in [6.45, 7) is 0. The van der Waals surface area contributed by atoms with E-state index in [2.05, 4.69) is 25.9 Å². The molecular formula is C21H15F2N5O3S. The molecule has 0 radical (unpaired) electrons. The van der Waals surface area contributed by atoms with Gasteiger partial charge in [0.2, 0.25) is 0 Å². The molecule has 0 aliphatic rings. The van der Waals surface area contributed by atoms with Gasteiger partial charge in [-0.1, -0.05) is 11.3 Å². The third-order valence-electron chi connectivity index (χ3n) is 4.17. The first-order valence-electron chi connectivity index (χ1n) is 9.21. The zero-order chi connectivity index (χ0) is 22.7. The van der Waals surface area contributed by atoms with Crippen LogP contribution >= 0.6 is 11.3 Å². The number of rotatable bonds is 5. The SMILES string of the molecule is CNC(=O)c1cc(Oc2ccc(NC(=O)Nc3nc4c(F)cc(F)cc4s3)cc2)ccn1. The molecule has 3 amide bonds. The van der Waals surface area contributed by atoms with Crippen molar-refractivity contribution in [3.8, 4) is 11.5 Å². The number of aromatic nitrogens is 2. The Morgan fingerprint density at radius 3 is 2.53 bits per heavy atom. The van der Waals surface area contributed by atoms with Crippen LogP contribution in [0.3, 0.4) is 0 Å². The second-order valence-corrected chi connectivity index (χ2v) is 7.45. The fraction of sp³-hybridized carbons (Fsp3) is 0.0476. The van der Waals surface area contributed by atoms with Crippen LogP contribution in [0.4, 0.5) is 24.4 Å². The summed E-state index contributed by atoms with van der Waals surface area (Å²) in [4.78, 5) is 31.8. The summed E-state index contributed by atoms with van der Waals surface area (Å²) in [5, 5.41) is 7.73. The van der Waals surface area contributed by atoms with Gasteiger partial charge in [-0.15, -0.1) is 0 Å². The number of nitrogens with zero attached hydrogens (tertiary/aromatic N) is 2. The van der Waals surface area contributed by atoms with Crippen LogP contribution in [0.1, 0.15) is 10.5 Å². The number of hydrogen-bond donors (Lipinski definition) is 3. The molecule has 11 heteroatoms. The van der Waals surface area contributed by atoms with Gasteiger partial charge in [0.05, 0.1) is 4.70 Å². The zero-order valence-electron chi connectivity index (χ0n) is 16.5. The van der Waals surface area contributed by atoms with E-state index in [4.69, 9.17) is 4.74 Å². The normalized spacial score (nSPS) is 10.6. The smallest absolute Gasteiger partial charge is 0.325 e. The molecule has 0 spiro atoms. The summed E-state index contributed by atoms with van der Waals surface area (Å²) in [5.41, 5.74) is 0.676. The zero-order valence-corrected chi connectivity index (χ0v) is 17.3. The van der Waals surface area contributed by atoms with Crippen LogP contribution in [-0.4, -0.2) is 29.0 Å². The molecule has 8 nitrogen and oxygen atoms in total. The molecule has 0 atom stereocenters. The Balaban J connectivity index is 1.39. The van der Waals surface area contributed by atoms with Gasteiger partial charge in [-0.3, -0.25) is 15.1 Å². The average molecular weight is 455 g/mol. The molecule has 3 N–H and O–H groups in total. The van der Waals surface area contributed by atoms with Gasteiger partial charge in [-0.05, 0) is 36.4 Å². The maximum atomic E-state index is 13.8. The number of urea groups is 1. The lowest BCUT2D eigenvalue weighted by molar-refractivity contribution is 0.0958. The number of amides is 3. The lowest BCUT2D eigenvalue weighted by atomic mass is 10.3. The number of fused-ring (bicyclic) bond motifs is 1. The number of carbonyl (C=O) groups excluding carboxylic acids is 2. The van der Waals surface area contributed by atoms with Crippen LogP contribution in [0, 0.1) is 11.6 Å². The minimum Gasteiger partial charge on any atom is -0.457 e. The Labute approximate surface area is 184 Å². The highest BCUT2D eigenvalue weighted by atomic mass is 32.1. The van der Waals surface area contributed by atoms with Crippen molar-refractivity contribution >= 4 is 44.3 Å². The second kappa shape index (κ2) is 8.94. The number of ether oxygens (including phenoxy) is 1. The topological polar surface area (TPSA) is 105 Å². The van der Waals surface area contributed by atoms with E-state index >= 15 is 0 Å². The molecule has 32 heavy (non-hydrogen) atoms. The molecule has 2 aromatic heterocycles. The largest absolute Gasteiger partial charge is 0.457 e. The van der Waals surface area contributed by atoms with Gasteiger partial charge in [0.25, 0.3) is 5.91 Å². The summed E-state index contributed by atoms with van der Waals surface area (Å²) in [7, 11) is 1.51. The van der Waals surface area contributed by atoms with Crippen LogP contribution in [0.25, 0.3) is 10.2 Å². The van der Waals surface area contributed by atoms with Crippen molar-refractivity contribution in [2.45, 2.75) is 0 Å². The van der Waals surface area contributed by atoms with Crippen molar-refractivity contribution in [2.75, 3.05) is 17.7 Å². The quantitative estimate of drug-likeness (QED) is 0.402. The first-order valence-corrected chi connectivity index (χ1v) is 10.0. The van der Waals surface area contributed by atoms with Crippen molar-refractivity contribution in [1.29, 1.82) is 0 Å². The van der Waals surface area contributed by atoms with Gasteiger partial charge in [0.15, 0.2) is 10.9 Å². The number of halogens is 2. The van der Waals surface area contributed by atoms with Gasteiger partial charge < -0.3 is 15.4 Å². The maximum absolute atomic E-state index is 13.8. The molecule has 0 saturated carbocycles. The number of benzene rings is 2. The second-order valence-electron chi connectivity index (χ2n) is 6.41. The van der Waals surface area contributed by atoms with E-state index in [-0.39, 0.29) is 26.9 Å². The van der Waals surface area contributed by atoms with Gasteiger partial charge in [-0.2, -0.15) is 0 Å². The van der Waals surface area contributed by atoms with Gasteiger partial charge in [0, 0.05) is 31.1 Å². The van der Waals surface area contributed by atoms with Crippen LogP contribution in [0.15, 0.2) is 54.7 Å². The van der Waals surface area contributed by atoms with Crippen LogP contribution in [0.5, 0.6) is 11.5 Å². The highest BCUT2D eigenvalue weighted by Gasteiger charge is 2.13.